The van der Waals surface area contributed by atoms with Crippen molar-refractivity contribution in [3.05, 3.63) is 163 Å². The van der Waals surface area contributed by atoms with E-state index in [9.17, 15) is 39.2 Å². The van der Waals surface area contributed by atoms with E-state index in [0.717, 1.165) is 0 Å². The molecule has 0 aromatic heterocycles. The van der Waals surface area contributed by atoms with Gasteiger partial charge in [0, 0.05) is 12.1 Å². The number of nitriles is 2. The molecule has 4 aromatic rings. The Labute approximate surface area is 247 Å². The molecule has 0 N–H and O–H groups in total. The molecule has 4 rings (SSSR count). The van der Waals surface area contributed by atoms with Crippen molar-refractivity contribution in [1.29, 1.82) is 10.5 Å². The lowest BCUT2D eigenvalue weighted by molar-refractivity contribution is -0.385. The lowest BCUT2D eigenvalue weighted by Gasteiger charge is -2.22. The maximum absolute atomic E-state index is 14.5. The van der Waals surface area contributed by atoms with Gasteiger partial charge in [-0.05, 0) is 47.5 Å². The van der Waals surface area contributed by atoms with E-state index in [0.29, 0.717) is 22.3 Å². The second-order valence-corrected chi connectivity index (χ2v) is 11.4. The molecule has 43 heavy (non-hydrogen) atoms. The molecule has 2 unspecified atom stereocenters. The number of para-hydroxylation sites is 2. The number of nitrogens with zero attached hydrogens (tertiary/aromatic N) is 4. The van der Waals surface area contributed by atoms with E-state index in [-0.39, 0.29) is 22.5 Å². The Morgan fingerprint density at radius 2 is 0.953 bits per heavy atom. The van der Waals surface area contributed by atoms with Crippen molar-refractivity contribution < 1.29 is 18.3 Å². The Bertz CT molecular complexity index is 1790. The van der Waals surface area contributed by atoms with Gasteiger partial charge in [0.1, 0.15) is 10.5 Å². The van der Waals surface area contributed by atoms with Gasteiger partial charge in [0.25, 0.3) is 11.4 Å². The van der Waals surface area contributed by atoms with E-state index in [1.807, 2.05) is 12.1 Å². The summed E-state index contributed by atoms with van der Waals surface area (Å²) in [7, 11) is -4.29. The molecule has 2 atom stereocenters. The second kappa shape index (κ2) is 13.2. The minimum atomic E-state index is -4.29. The van der Waals surface area contributed by atoms with E-state index in [4.69, 9.17) is 0 Å². The Morgan fingerprint density at radius 3 is 1.28 bits per heavy atom. The molecule has 0 saturated carbocycles. The van der Waals surface area contributed by atoms with Crippen molar-refractivity contribution in [2.45, 2.75) is 10.5 Å². The van der Waals surface area contributed by atoms with Crippen LogP contribution in [0.5, 0.6) is 0 Å². The van der Waals surface area contributed by atoms with Crippen molar-refractivity contribution in [1.82, 2.24) is 0 Å². The molecular weight excluding hydrogens is 568 g/mol. The molecule has 0 aliphatic carbocycles. The summed E-state index contributed by atoms with van der Waals surface area (Å²) in [6.45, 7) is 0. The van der Waals surface area contributed by atoms with Gasteiger partial charge in [-0.1, -0.05) is 72.8 Å². The van der Waals surface area contributed by atoms with Crippen LogP contribution in [0.15, 0.2) is 109 Å². The summed E-state index contributed by atoms with van der Waals surface area (Å²) in [5.74, 6) is 0. The normalized spacial score (nSPS) is 12.8. The summed E-state index contributed by atoms with van der Waals surface area (Å²) in [5.41, 5.74) is 1.16. The van der Waals surface area contributed by atoms with Crippen molar-refractivity contribution >= 4 is 33.4 Å². The highest BCUT2D eigenvalue weighted by Gasteiger charge is 2.34. The lowest BCUT2D eigenvalue weighted by Crippen LogP contribution is -2.19. The van der Waals surface area contributed by atoms with Crippen LogP contribution in [0, 0.1) is 42.9 Å². The molecule has 0 fully saturated rings. The summed E-state index contributed by atoms with van der Waals surface area (Å²) in [5, 5.41) is 39.0. The Morgan fingerprint density at radius 1 is 0.605 bits per heavy atom. The maximum atomic E-state index is 14.5. The first kappa shape index (κ1) is 30.1. The van der Waals surface area contributed by atoms with E-state index >= 15 is 0 Å². The molecule has 0 spiro atoms. The fraction of sp³-hybridized carbons (Fsp3) is 0.0625. The number of nitro benzene ring substituents is 2. The van der Waals surface area contributed by atoms with E-state index in [1.165, 1.54) is 109 Å². The average Bonchev–Trinajstić information content (AvgIpc) is 3.02. The van der Waals surface area contributed by atoms with Gasteiger partial charge in [-0.15, -0.1) is 0 Å². The van der Waals surface area contributed by atoms with Gasteiger partial charge in [0.15, 0.2) is 9.84 Å². The lowest BCUT2D eigenvalue weighted by atomic mass is 10.1. The van der Waals surface area contributed by atoms with Crippen LogP contribution in [0.2, 0.25) is 0 Å². The van der Waals surface area contributed by atoms with Gasteiger partial charge in [0.2, 0.25) is 0 Å². The SMILES string of the molecule is N#Cc1ccc(C(C=Cc2ccccc2[N+](=O)[O-])S(=O)(=O)C(C=Cc2ccccc2[N+](=O)[O-])c2ccc(C#N)cc2)cc1. The molecule has 0 saturated heterocycles. The Hall–Kier alpha value is -5.91. The number of hydrogen-bond donors (Lipinski definition) is 0. The monoisotopic (exact) mass is 590 g/mol. The molecule has 0 heterocycles. The highest BCUT2D eigenvalue weighted by molar-refractivity contribution is 7.92. The molecule has 0 radical (unpaired) electrons. The van der Waals surface area contributed by atoms with Crippen molar-refractivity contribution in [2.75, 3.05) is 0 Å². The highest BCUT2D eigenvalue weighted by atomic mass is 32.2. The summed E-state index contributed by atoms with van der Waals surface area (Å²) >= 11 is 0. The number of rotatable bonds is 10. The largest absolute Gasteiger partial charge is 0.276 e. The van der Waals surface area contributed by atoms with Crippen LogP contribution < -0.4 is 0 Å². The molecule has 0 aliphatic rings. The Balaban J connectivity index is 1.91. The van der Waals surface area contributed by atoms with Gasteiger partial charge in [-0.25, -0.2) is 8.42 Å². The fourth-order valence-corrected chi connectivity index (χ4v) is 6.43. The minimum absolute atomic E-state index is 0.187. The van der Waals surface area contributed by atoms with Gasteiger partial charge in [-0.2, -0.15) is 10.5 Å². The van der Waals surface area contributed by atoms with E-state index < -0.39 is 30.2 Å². The maximum Gasteiger partial charge on any atom is 0.276 e. The van der Waals surface area contributed by atoms with Crippen LogP contribution in [0.1, 0.15) is 43.9 Å². The third-order valence-corrected chi connectivity index (χ3v) is 8.89. The Kier molecular flexibility index (Phi) is 9.21. The number of hydrogen-bond acceptors (Lipinski definition) is 8. The first-order valence-corrected chi connectivity index (χ1v) is 14.3. The van der Waals surface area contributed by atoms with Crippen molar-refractivity contribution in [2.24, 2.45) is 0 Å². The number of sulfone groups is 1. The zero-order valence-electron chi connectivity index (χ0n) is 22.3. The first-order chi connectivity index (χ1) is 20.6. The van der Waals surface area contributed by atoms with E-state index in [2.05, 4.69) is 0 Å². The molecule has 4 aromatic carbocycles. The molecule has 11 heteroatoms. The number of benzene rings is 4. The van der Waals surface area contributed by atoms with Crippen molar-refractivity contribution in [3.8, 4) is 12.1 Å². The van der Waals surface area contributed by atoms with E-state index in [1.54, 1.807) is 12.1 Å². The van der Waals surface area contributed by atoms with Crippen LogP contribution in [-0.4, -0.2) is 18.3 Å². The van der Waals surface area contributed by atoms with Crippen LogP contribution in [0.25, 0.3) is 12.2 Å². The quantitative estimate of drug-likeness (QED) is 0.142. The molecule has 0 aliphatic heterocycles. The third kappa shape index (κ3) is 6.88. The zero-order chi connectivity index (χ0) is 31.0. The van der Waals surface area contributed by atoms with Crippen molar-refractivity contribution in [3.63, 3.8) is 0 Å². The summed E-state index contributed by atoms with van der Waals surface area (Å²) in [6.07, 6.45) is 5.41. The highest BCUT2D eigenvalue weighted by Crippen LogP contribution is 2.38. The third-order valence-electron chi connectivity index (χ3n) is 6.61. The topological polar surface area (TPSA) is 168 Å². The van der Waals surface area contributed by atoms with Gasteiger partial charge < -0.3 is 0 Å². The van der Waals surface area contributed by atoms with Crippen LogP contribution in [0.4, 0.5) is 11.4 Å². The standard InChI is InChI=1S/C32H22N4O6S/c33-21-23-9-13-27(14-10-23)31(19-17-25-5-1-3-7-29(25)35(37)38)43(41,42)32(28-15-11-24(22-34)12-16-28)20-18-26-6-2-4-8-30(26)36(39)40/h1-20,31-32H. The minimum Gasteiger partial charge on any atom is -0.258 e. The summed E-state index contributed by atoms with van der Waals surface area (Å²) in [4.78, 5) is 22.0. The predicted molar refractivity (Wildman–Crippen MR) is 161 cm³/mol. The van der Waals surface area contributed by atoms with Crippen LogP contribution in [0.3, 0.4) is 0 Å². The zero-order valence-corrected chi connectivity index (χ0v) is 23.2. The molecule has 0 amide bonds. The second-order valence-electron chi connectivity index (χ2n) is 9.25. The summed E-state index contributed by atoms with van der Waals surface area (Å²) < 4.78 is 29.0. The van der Waals surface area contributed by atoms with Gasteiger partial charge in [-0.3, -0.25) is 20.2 Å². The fourth-order valence-electron chi connectivity index (χ4n) is 4.44. The molecule has 212 valence electrons. The molecular formula is C32H22N4O6S. The van der Waals surface area contributed by atoms with Gasteiger partial charge >= 0.3 is 0 Å². The summed E-state index contributed by atoms with van der Waals surface area (Å²) in [6, 6.07) is 27.6. The average molecular weight is 591 g/mol. The smallest absolute Gasteiger partial charge is 0.258 e. The van der Waals surface area contributed by atoms with Crippen LogP contribution >= 0.6 is 0 Å². The molecule has 0 bridgehead atoms. The van der Waals surface area contributed by atoms with Gasteiger partial charge in [0.05, 0.1) is 44.2 Å². The predicted octanol–water partition coefficient (Wildman–Crippen LogP) is 6.87. The molecule has 10 nitrogen and oxygen atoms in total. The van der Waals surface area contributed by atoms with Crippen LogP contribution in [-0.2, 0) is 9.84 Å². The number of nitro groups is 2. The first-order valence-electron chi connectivity index (χ1n) is 12.7.